The Morgan fingerprint density at radius 3 is 2.96 bits per heavy atom. The van der Waals surface area contributed by atoms with Crippen molar-refractivity contribution in [3.05, 3.63) is 41.5 Å². The third kappa shape index (κ3) is 1.47. The molecule has 5 heterocycles. The van der Waals surface area contributed by atoms with E-state index in [1.807, 2.05) is 6.92 Å². The van der Waals surface area contributed by atoms with Crippen LogP contribution in [-0.2, 0) is 14.9 Å². The number of carbonyl (C=O) groups is 1. The highest BCUT2D eigenvalue weighted by Crippen LogP contribution is 2.68. The predicted molar refractivity (Wildman–Crippen MR) is 96.5 cm³/mol. The molecule has 1 spiro atoms. The van der Waals surface area contributed by atoms with E-state index < -0.39 is 6.23 Å². The molecule has 9 atom stereocenters. The van der Waals surface area contributed by atoms with Crippen molar-refractivity contribution in [2.45, 2.75) is 62.6 Å². The van der Waals surface area contributed by atoms with Crippen molar-refractivity contribution in [3.8, 4) is 0 Å². The van der Waals surface area contributed by atoms with Crippen molar-refractivity contribution < 1.29 is 14.6 Å². The average Bonchev–Trinajstić information content (AvgIpc) is 3.08. The van der Waals surface area contributed by atoms with Crippen LogP contribution in [0.25, 0.3) is 0 Å². The molecule has 0 amide bonds. The number of allylic oxidation sites excluding steroid dienone is 1. The van der Waals surface area contributed by atoms with Crippen LogP contribution in [0.4, 0.5) is 5.69 Å². The molecule has 1 aliphatic carbocycles. The lowest BCUT2D eigenvalue weighted by Gasteiger charge is -2.59. The number of rotatable bonds is 1. The van der Waals surface area contributed by atoms with Gasteiger partial charge in [0.05, 0.1) is 11.5 Å². The molecule has 9 unspecified atom stereocenters. The van der Waals surface area contributed by atoms with Crippen LogP contribution in [0.2, 0.25) is 0 Å². The van der Waals surface area contributed by atoms with Gasteiger partial charge in [0.1, 0.15) is 12.3 Å². The molecule has 0 radical (unpaired) electrons. The quantitative estimate of drug-likeness (QED) is 0.598. The first-order valence-corrected chi connectivity index (χ1v) is 9.73. The molecule has 5 bridgehead atoms. The summed E-state index contributed by atoms with van der Waals surface area (Å²) >= 11 is 0. The van der Waals surface area contributed by atoms with Gasteiger partial charge >= 0.3 is 5.97 Å². The first-order chi connectivity index (χ1) is 12.6. The molecule has 136 valence electrons. The van der Waals surface area contributed by atoms with Gasteiger partial charge in [-0.3, -0.25) is 9.69 Å². The lowest BCUT2D eigenvalue weighted by atomic mass is 9.65. The molecule has 1 saturated carbocycles. The lowest BCUT2D eigenvalue weighted by Crippen LogP contribution is -2.70. The van der Waals surface area contributed by atoms with Gasteiger partial charge in [-0.05, 0) is 42.9 Å². The van der Waals surface area contributed by atoms with Gasteiger partial charge in [0.2, 0.25) is 0 Å². The van der Waals surface area contributed by atoms with Crippen molar-refractivity contribution in [2.75, 3.05) is 5.32 Å². The fourth-order valence-corrected chi connectivity index (χ4v) is 7.32. The number of piperidine rings is 4. The Labute approximate surface area is 153 Å². The Kier molecular flexibility index (Phi) is 2.75. The smallest absolute Gasteiger partial charge is 0.302 e. The number of benzene rings is 1. The molecule has 7 rings (SSSR count). The Bertz CT molecular complexity index is 851. The number of hydrogen-bond donors (Lipinski definition) is 2. The van der Waals surface area contributed by atoms with Gasteiger partial charge in [-0.2, -0.15) is 0 Å². The number of nitrogens with one attached hydrogen (secondary N) is 1. The van der Waals surface area contributed by atoms with E-state index in [9.17, 15) is 9.90 Å². The molecule has 1 aromatic rings. The van der Waals surface area contributed by atoms with Crippen LogP contribution in [-0.4, -0.2) is 46.4 Å². The van der Waals surface area contributed by atoms with Crippen molar-refractivity contribution in [3.63, 3.8) is 0 Å². The lowest BCUT2D eigenvalue weighted by molar-refractivity contribution is -0.156. The summed E-state index contributed by atoms with van der Waals surface area (Å²) in [6.07, 6.45) is 3.43. The van der Waals surface area contributed by atoms with Crippen molar-refractivity contribution in [1.82, 2.24) is 4.90 Å². The average molecular weight is 352 g/mol. The zero-order valence-electron chi connectivity index (χ0n) is 15.1. The van der Waals surface area contributed by atoms with E-state index in [-0.39, 0.29) is 41.5 Å². The maximum Gasteiger partial charge on any atom is 0.302 e. The minimum Gasteiger partial charge on any atom is -0.461 e. The van der Waals surface area contributed by atoms with Gasteiger partial charge in [0.15, 0.2) is 0 Å². The molecule has 5 aliphatic heterocycles. The monoisotopic (exact) mass is 352 g/mol. The number of para-hydroxylation sites is 1. The molecule has 0 aromatic heterocycles. The molecule has 5 heteroatoms. The Morgan fingerprint density at radius 2 is 2.19 bits per heavy atom. The normalized spacial score (nSPS) is 50.5. The van der Waals surface area contributed by atoms with Crippen LogP contribution < -0.4 is 5.32 Å². The number of aliphatic hydroxyl groups excluding tert-OH is 1. The Hall–Kier alpha value is -1.85. The molecule has 26 heavy (non-hydrogen) atoms. The number of ether oxygens (including phenoxy) is 1. The molecule has 5 nitrogen and oxygen atoms in total. The molecule has 5 fully saturated rings. The molecular formula is C21H24N2O3. The van der Waals surface area contributed by atoms with E-state index in [1.54, 1.807) is 0 Å². The first kappa shape index (κ1) is 15.2. The second kappa shape index (κ2) is 4.70. The number of anilines is 1. The van der Waals surface area contributed by atoms with E-state index in [1.165, 1.54) is 18.2 Å². The van der Waals surface area contributed by atoms with Gasteiger partial charge in [-0.15, -0.1) is 0 Å². The summed E-state index contributed by atoms with van der Waals surface area (Å²) in [6.45, 7) is 3.54. The van der Waals surface area contributed by atoms with Gasteiger partial charge in [0, 0.05) is 30.6 Å². The van der Waals surface area contributed by atoms with E-state index >= 15 is 0 Å². The first-order valence-electron chi connectivity index (χ1n) is 9.73. The Balaban J connectivity index is 1.59. The number of esters is 1. The van der Waals surface area contributed by atoms with Crippen molar-refractivity contribution >= 4 is 11.7 Å². The maximum absolute atomic E-state index is 12.1. The van der Waals surface area contributed by atoms with Crippen LogP contribution >= 0.6 is 0 Å². The summed E-state index contributed by atoms with van der Waals surface area (Å²) in [6, 6.07) is 9.24. The summed E-state index contributed by atoms with van der Waals surface area (Å²) in [5, 5.41) is 14.8. The van der Waals surface area contributed by atoms with Crippen LogP contribution in [0.3, 0.4) is 0 Å². The minimum absolute atomic E-state index is 0.131. The maximum atomic E-state index is 12.1. The fraction of sp³-hybridized carbons (Fsp3) is 0.571. The summed E-state index contributed by atoms with van der Waals surface area (Å²) in [5.41, 5.74) is 3.41. The van der Waals surface area contributed by atoms with E-state index in [0.29, 0.717) is 5.92 Å². The highest BCUT2D eigenvalue weighted by molar-refractivity contribution is 5.69. The van der Waals surface area contributed by atoms with Gasteiger partial charge < -0.3 is 15.2 Å². The number of carbonyl (C=O) groups excluding carboxylic acids is 1. The van der Waals surface area contributed by atoms with E-state index in [0.717, 1.165) is 18.4 Å². The second-order valence-electron chi connectivity index (χ2n) is 8.61. The number of aliphatic hydroxyl groups is 1. The summed E-state index contributed by atoms with van der Waals surface area (Å²) in [7, 11) is 0. The largest absolute Gasteiger partial charge is 0.461 e. The van der Waals surface area contributed by atoms with Crippen molar-refractivity contribution in [1.29, 1.82) is 0 Å². The summed E-state index contributed by atoms with van der Waals surface area (Å²) in [4.78, 5) is 14.4. The zero-order chi connectivity index (χ0) is 17.8. The van der Waals surface area contributed by atoms with Crippen molar-refractivity contribution in [2.24, 2.45) is 11.8 Å². The second-order valence-corrected chi connectivity index (χ2v) is 8.61. The van der Waals surface area contributed by atoms with E-state index in [2.05, 4.69) is 40.6 Å². The number of fused-ring (bicyclic) bond motifs is 2. The molecule has 4 saturated heterocycles. The number of hydrogen-bond acceptors (Lipinski definition) is 5. The highest BCUT2D eigenvalue weighted by Gasteiger charge is 2.76. The topological polar surface area (TPSA) is 61.8 Å². The molecule has 1 aromatic carbocycles. The van der Waals surface area contributed by atoms with E-state index in [4.69, 9.17) is 4.74 Å². The van der Waals surface area contributed by atoms with Crippen LogP contribution in [0.15, 0.2) is 35.9 Å². The standard InChI is InChI=1S/C21H24N2O3/c1-3-11-12-8-15-18-21(13-6-4-5-7-14(13)22-18)9-16(23(15)20(11)25)17(12)19(21)26-10(2)24/h3-7,12,15-20,22,25H,8-9H2,1-2H3. The molecule has 2 N–H and O–H groups in total. The molecular weight excluding hydrogens is 328 g/mol. The van der Waals surface area contributed by atoms with Gasteiger partial charge in [0.25, 0.3) is 0 Å². The Morgan fingerprint density at radius 1 is 1.38 bits per heavy atom. The molecule has 6 aliphatic rings. The third-order valence-electron chi connectivity index (χ3n) is 7.89. The third-order valence-corrected chi connectivity index (χ3v) is 7.89. The van der Waals surface area contributed by atoms with Gasteiger partial charge in [-0.25, -0.2) is 0 Å². The summed E-state index contributed by atoms with van der Waals surface area (Å²) < 4.78 is 6.08. The van der Waals surface area contributed by atoms with Crippen LogP contribution in [0, 0.1) is 11.8 Å². The highest BCUT2D eigenvalue weighted by atomic mass is 16.5. The SMILES string of the molecule is CC=C1C2CC3C4Nc5ccccc5C45CC(C2C5OC(C)=O)N3C1O. The minimum atomic E-state index is -0.496. The zero-order valence-corrected chi connectivity index (χ0v) is 15.1. The van der Waals surface area contributed by atoms with Crippen LogP contribution in [0.1, 0.15) is 32.3 Å². The van der Waals surface area contributed by atoms with Crippen LogP contribution in [0.5, 0.6) is 0 Å². The van der Waals surface area contributed by atoms with Gasteiger partial charge in [-0.1, -0.05) is 24.3 Å². The predicted octanol–water partition coefficient (Wildman–Crippen LogP) is 2.02. The number of nitrogens with zero attached hydrogens (tertiary/aromatic N) is 1. The fourth-order valence-electron chi connectivity index (χ4n) is 7.32. The summed E-state index contributed by atoms with van der Waals surface area (Å²) in [5.74, 6) is 0.373.